The van der Waals surface area contributed by atoms with Gasteiger partial charge in [-0.2, -0.15) is 11.3 Å². The lowest BCUT2D eigenvalue weighted by Crippen LogP contribution is -2.38. The van der Waals surface area contributed by atoms with Gasteiger partial charge >= 0.3 is 0 Å². The molecule has 132 valence electrons. The van der Waals surface area contributed by atoms with Crippen molar-refractivity contribution < 1.29 is 12.8 Å². The number of thiophene rings is 1. The fourth-order valence-corrected chi connectivity index (χ4v) is 4.51. The SMILES string of the molecule is CCN(CC)C(CNS(=O)(=O)c1ccc(Cl)cc1F)c1ccsc1. The highest BCUT2D eigenvalue weighted by molar-refractivity contribution is 7.89. The van der Waals surface area contributed by atoms with Crippen LogP contribution < -0.4 is 4.72 Å². The van der Waals surface area contributed by atoms with E-state index in [2.05, 4.69) is 9.62 Å². The standard InChI is InChI=1S/C16H20ClFN2O2S2/c1-3-20(4-2)15(12-7-8-23-11-12)10-19-24(21,22)16-6-5-13(17)9-14(16)18/h5-9,11,15,19H,3-4,10H2,1-2H3. The summed E-state index contributed by atoms with van der Waals surface area (Å²) in [6.07, 6.45) is 0. The van der Waals surface area contributed by atoms with Gasteiger partial charge in [0.2, 0.25) is 10.0 Å². The predicted molar refractivity (Wildman–Crippen MR) is 96.6 cm³/mol. The molecule has 1 aromatic heterocycles. The molecular weight excluding hydrogens is 371 g/mol. The molecular formula is C16H20ClFN2O2S2. The van der Waals surface area contributed by atoms with Crippen LogP contribution in [0.3, 0.4) is 0 Å². The largest absolute Gasteiger partial charge is 0.296 e. The zero-order valence-corrected chi connectivity index (χ0v) is 15.9. The van der Waals surface area contributed by atoms with E-state index in [0.29, 0.717) is 0 Å². The van der Waals surface area contributed by atoms with Gasteiger partial charge < -0.3 is 0 Å². The number of nitrogens with zero attached hydrogens (tertiary/aromatic N) is 1. The summed E-state index contributed by atoms with van der Waals surface area (Å²) >= 11 is 7.24. The molecule has 0 saturated heterocycles. The Labute approximate surface area is 151 Å². The monoisotopic (exact) mass is 390 g/mol. The van der Waals surface area contributed by atoms with Gasteiger partial charge in [0.1, 0.15) is 10.7 Å². The molecule has 4 nitrogen and oxygen atoms in total. The van der Waals surface area contributed by atoms with E-state index >= 15 is 0 Å². The van der Waals surface area contributed by atoms with Gasteiger partial charge in [-0.25, -0.2) is 17.5 Å². The van der Waals surface area contributed by atoms with Crippen molar-refractivity contribution in [2.24, 2.45) is 0 Å². The lowest BCUT2D eigenvalue weighted by Gasteiger charge is -2.29. The molecule has 24 heavy (non-hydrogen) atoms. The molecule has 0 aliphatic carbocycles. The quantitative estimate of drug-likeness (QED) is 0.743. The first-order valence-corrected chi connectivity index (χ1v) is 10.4. The molecule has 0 aliphatic heterocycles. The van der Waals surface area contributed by atoms with Crippen molar-refractivity contribution in [3.63, 3.8) is 0 Å². The first kappa shape index (κ1) is 19.3. The average molecular weight is 391 g/mol. The van der Waals surface area contributed by atoms with Gasteiger partial charge in [0, 0.05) is 17.6 Å². The molecule has 0 bridgehead atoms. The summed E-state index contributed by atoms with van der Waals surface area (Å²) in [5.41, 5.74) is 1.04. The minimum Gasteiger partial charge on any atom is -0.296 e. The van der Waals surface area contributed by atoms with E-state index in [1.807, 2.05) is 30.7 Å². The summed E-state index contributed by atoms with van der Waals surface area (Å²) in [7, 11) is -3.95. The normalized spacial score (nSPS) is 13.4. The van der Waals surface area contributed by atoms with Crippen molar-refractivity contribution in [1.82, 2.24) is 9.62 Å². The number of nitrogens with one attached hydrogen (secondary N) is 1. The number of benzene rings is 1. The molecule has 0 saturated carbocycles. The van der Waals surface area contributed by atoms with Crippen LogP contribution in [0.4, 0.5) is 4.39 Å². The van der Waals surface area contributed by atoms with Crippen molar-refractivity contribution in [2.45, 2.75) is 24.8 Å². The van der Waals surface area contributed by atoms with Crippen LogP contribution in [-0.4, -0.2) is 33.0 Å². The van der Waals surface area contributed by atoms with Crippen LogP contribution in [-0.2, 0) is 10.0 Å². The number of rotatable bonds is 8. The van der Waals surface area contributed by atoms with Crippen LogP contribution in [0.25, 0.3) is 0 Å². The van der Waals surface area contributed by atoms with E-state index in [4.69, 9.17) is 11.6 Å². The molecule has 0 aliphatic rings. The summed E-state index contributed by atoms with van der Waals surface area (Å²) in [6, 6.07) is 5.41. The third kappa shape index (κ3) is 4.55. The van der Waals surface area contributed by atoms with Crippen molar-refractivity contribution in [1.29, 1.82) is 0 Å². The second kappa shape index (κ2) is 8.40. The summed E-state index contributed by atoms with van der Waals surface area (Å²) < 4.78 is 41.3. The molecule has 0 radical (unpaired) electrons. The van der Waals surface area contributed by atoms with E-state index in [9.17, 15) is 12.8 Å². The maximum Gasteiger partial charge on any atom is 0.243 e. The Bertz CT molecular complexity index is 762. The molecule has 0 fully saturated rings. The van der Waals surface area contributed by atoms with Gasteiger partial charge in [-0.3, -0.25) is 4.90 Å². The topological polar surface area (TPSA) is 49.4 Å². The molecule has 0 spiro atoms. The molecule has 1 unspecified atom stereocenters. The number of halogens is 2. The minimum absolute atomic E-state index is 0.101. The van der Waals surface area contributed by atoms with Crippen molar-refractivity contribution >= 4 is 33.0 Å². The van der Waals surface area contributed by atoms with Crippen molar-refractivity contribution in [3.8, 4) is 0 Å². The summed E-state index contributed by atoms with van der Waals surface area (Å²) in [4.78, 5) is 1.76. The molecule has 2 aromatic rings. The number of hydrogen-bond donors (Lipinski definition) is 1. The predicted octanol–water partition coefficient (Wildman–Crippen LogP) is 3.90. The summed E-state index contributed by atoms with van der Waals surface area (Å²) in [5, 5.41) is 4.12. The highest BCUT2D eigenvalue weighted by Crippen LogP contribution is 2.24. The first-order chi connectivity index (χ1) is 11.4. The lowest BCUT2D eigenvalue weighted by atomic mass is 10.1. The number of likely N-dealkylation sites (N-methyl/N-ethyl adjacent to an activating group) is 1. The Morgan fingerprint density at radius 1 is 1.29 bits per heavy atom. The van der Waals surface area contributed by atoms with Crippen LogP contribution in [0.2, 0.25) is 5.02 Å². The van der Waals surface area contributed by atoms with Crippen LogP contribution in [0.5, 0.6) is 0 Å². The van der Waals surface area contributed by atoms with E-state index in [0.717, 1.165) is 24.7 Å². The van der Waals surface area contributed by atoms with Crippen LogP contribution in [0, 0.1) is 5.82 Å². The van der Waals surface area contributed by atoms with Gasteiger partial charge in [-0.05, 0) is 53.7 Å². The molecule has 1 atom stereocenters. The van der Waals surface area contributed by atoms with E-state index in [-0.39, 0.29) is 17.6 Å². The molecule has 0 amide bonds. The number of hydrogen-bond acceptors (Lipinski definition) is 4. The molecule has 1 N–H and O–H groups in total. The van der Waals surface area contributed by atoms with Crippen LogP contribution in [0.1, 0.15) is 25.5 Å². The summed E-state index contributed by atoms with van der Waals surface area (Å²) in [5.74, 6) is -0.857. The van der Waals surface area contributed by atoms with E-state index < -0.39 is 20.7 Å². The Hall–Kier alpha value is -0.990. The van der Waals surface area contributed by atoms with E-state index in [1.165, 1.54) is 12.1 Å². The molecule has 8 heteroatoms. The Morgan fingerprint density at radius 3 is 2.54 bits per heavy atom. The fraction of sp³-hybridized carbons (Fsp3) is 0.375. The minimum atomic E-state index is -3.95. The van der Waals surface area contributed by atoms with Gasteiger partial charge in [0.05, 0.1) is 0 Å². The zero-order valence-electron chi connectivity index (χ0n) is 13.5. The van der Waals surface area contributed by atoms with Gasteiger partial charge in [0.25, 0.3) is 0 Å². The zero-order chi connectivity index (χ0) is 17.7. The average Bonchev–Trinajstić information content (AvgIpc) is 3.05. The summed E-state index contributed by atoms with van der Waals surface area (Å²) in [6.45, 7) is 5.79. The smallest absolute Gasteiger partial charge is 0.243 e. The van der Waals surface area contributed by atoms with Crippen molar-refractivity contribution in [2.75, 3.05) is 19.6 Å². The maximum absolute atomic E-state index is 13.9. The fourth-order valence-electron chi connectivity index (χ4n) is 2.55. The lowest BCUT2D eigenvalue weighted by molar-refractivity contribution is 0.220. The third-order valence-corrected chi connectivity index (χ3v) is 6.22. The molecule has 1 aromatic carbocycles. The molecule has 2 rings (SSSR count). The van der Waals surface area contributed by atoms with Gasteiger partial charge in [-0.15, -0.1) is 0 Å². The van der Waals surface area contributed by atoms with Gasteiger partial charge in [-0.1, -0.05) is 25.4 Å². The second-order valence-electron chi connectivity index (χ2n) is 5.22. The highest BCUT2D eigenvalue weighted by atomic mass is 35.5. The van der Waals surface area contributed by atoms with Crippen molar-refractivity contribution in [3.05, 3.63) is 51.4 Å². The van der Waals surface area contributed by atoms with Crippen LogP contribution in [0.15, 0.2) is 39.9 Å². The highest BCUT2D eigenvalue weighted by Gasteiger charge is 2.24. The maximum atomic E-state index is 13.9. The first-order valence-electron chi connectivity index (χ1n) is 7.60. The Kier molecular flexibility index (Phi) is 6.77. The third-order valence-electron chi connectivity index (χ3n) is 3.83. The van der Waals surface area contributed by atoms with Gasteiger partial charge in [0.15, 0.2) is 0 Å². The second-order valence-corrected chi connectivity index (χ2v) is 8.17. The molecule has 1 heterocycles. The van der Waals surface area contributed by atoms with E-state index in [1.54, 1.807) is 11.3 Å². The number of sulfonamides is 1. The Morgan fingerprint density at radius 2 is 2.00 bits per heavy atom. The van der Waals surface area contributed by atoms with Crippen LogP contribution >= 0.6 is 22.9 Å². The Balaban J connectivity index is 2.21.